The molecule has 0 unspecified atom stereocenters. The van der Waals surface area contributed by atoms with Crippen LogP contribution in [0.5, 0.6) is 0 Å². The maximum Gasteiger partial charge on any atom is 0.135 e. The minimum Gasteiger partial charge on any atom is -0.384 e. The van der Waals surface area contributed by atoms with E-state index in [0.29, 0.717) is 21.7 Å². The van der Waals surface area contributed by atoms with Crippen LogP contribution in [0.2, 0.25) is 10.0 Å². The van der Waals surface area contributed by atoms with Gasteiger partial charge in [0.1, 0.15) is 18.0 Å². The molecule has 0 amide bonds. The van der Waals surface area contributed by atoms with E-state index in [0.717, 1.165) is 5.69 Å². The molecule has 3 N–H and O–H groups in total. The highest BCUT2D eigenvalue weighted by atomic mass is 35.5. The number of anilines is 3. The van der Waals surface area contributed by atoms with Crippen LogP contribution in [0, 0.1) is 0 Å². The number of nitrogen functional groups attached to an aromatic ring is 1. The molecule has 0 atom stereocenters. The summed E-state index contributed by atoms with van der Waals surface area (Å²) in [5, 5.41) is 4.13. The number of hydrogen-bond acceptors (Lipinski definition) is 4. The van der Waals surface area contributed by atoms with Crippen LogP contribution in [0.15, 0.2) is 30.6 Å². The van der Waals surface area contributed by atoms with Gasteiger partial charge in [-0.25, -0.2) is 9.97 Å². The molecule has 0 spiro atoms. The predicted octanol–water partition coefficient (Wildman–Crippen LogP) is 3.11. The molecule has 2 rings (SSSR count). The molecular formula is C10H8Cl2N4. The van der Waals surface area contributed by atoms with Gasteiger partial charge < -0.3 is 11.1 Å². The van der Waals surface area contributed by atoms with Gasteiger partial charge in [-0.3, -0.25) is 0 Å². The Morgan fingerprint density at radius 1 is 1.00 bits per heavy atom. The summed E-state index contributed by atoms with van der Waals surface area (Å²) >= 11 is 11.7. The molecule has 0 saturated carbocycles. The third kappa shape index (κ3) is 2.74. The van der Waals surface area contributed by atoms with E-state index < -0.39 is 0 Å². The maximum absolute atomic E-state index is 5.87. The number of aromatic nitrogens is 2. The number of nitrogens with two attached hydrogens (primary N) is 1. The fraction of sp³-hybridized carbons (Fsp3) is 0. The Bertz CT molecular complexity index is 496. The van der Waals surface area contributed by atoms with Crippen LogP contribution in [-0.2, 0) is 0 Å². The van der Waals surface area contributed by atoms with Crippen LogP contribution in [0.25, 0.3) is 0 Å². The van der Waals surface area contributed by atoms with Crippen molar-refractivity contribution in [3.8, 4) is 0 Å². The van der Waals surface area contributed by atoms with Gasteiger partial charge in [0, 0.05) is 21.8 Å². The van der Waals surface area contributed by atoms with Crippen molar-refractivity contribution in [2.45, 2.75) is 0 Å². The van der Waals surface area contributed by atoms with Crippen molar-refractivity contribution < 1.29 is 0 Å². The van der Waals surface area contributed by atoms with Gasteiger partial charge >= 0.3 is 0 Å². The lowest BCUT2D eigenvalue weighted by Gasteiger charge is -2.06. The molecule has 1 heterocycles. The fourth-order valence-corrected chi connectivity index (χ4v) is 1.74. The minimum absolute atomic E-state index is 0.394. The van der Waals surface area contributed by atoms with Gasteiger partial charge in [-0.15, -0.1) is 0 Å². The van der Waals surface area contributed by atoms with Crippen LogP contribution in [0.3, 0.4) is 0 Å². The Balaban J connectivity index is 2.27. The number of hydrogen-bond donors (Lipinski definition) is 2. The lowest BCUT2D eigenvalue weighted by atomic mass is 10.3. The highest BCUT2D eigenvalue weighted by molar-refractivity contribution is 6.35. The molecule has 0 bridgehead atoms. The Kier molecular flexibility index (Phi) is 3.12. The smallest absolute Gasteiger partial charge is 0.135 e. The first kappa shape index (κ1) is 11.0. The molecule has 1 aromatic carbocycles. The normalized spacial score (nSPS) is 10.1. The summed E-state index contributed by atoms with van der Waals surface area (Å²) in [7, 11) is 0. The number of rotatable bonds is 2. The summed E-state index contributed by atoms with van der Waals surface area (Å²) in [5.41, 5.74) is 6.27. The lowest BCUT2D eigenvalue weighted by molar-refractivity contribution is 1.18. The van der Waals surface area contributed by atoms with Crippen molar-refractivity contribution in [3.63, 3.8) is 0 Å². The van der Waals surface area contributed by atoms with E-state index in [1.807, 2.05) is 0 Å². The molecule has 82 valence electrons. The van der Waals surface area contributed by atoms with Gasteiger partial charge in [0.25, 0.3) is 0 Å². The third-order valence-electron chi connectivity index (χ3n) is 1.82. The first-order chi connectivity index (χ1) is 7.63. The lowest BCUT2D eigenvalue weighted by Crippen LogP contribution is -1.97. The van der Waals surface area contributed by atoms with Gasteiger partial charge in [-0.05, 0) is 18.2 Å². The second kappa shape index (κ2) is 4.55. The number of benzene rings is 1. The molecule has 2 aromatic rings. The molecular weight excluding hydrogens is 247 g/mol. The summed E-state index contributed by atoms with van der Waals surface area (Å²) in [4.78, 5) is 7.80. The van der Waals surface area contributed by atoms with Crippen LogP contribution >= 0.6 is 23.2 Å². The number of nitrogens with one attached hydrogen (secondary N) is 1. The summed E-state index contributed by atoms with van der Waals surface area (Å²) in [6, 6.07) is 6.76. The van der Waals surface area contributed by atoms with Crippen LogP contribution in [0.4, 0.5) is 17.3 Å². The second-order valence-electron chi connectivity index (χ2n) is 3.11. The largest absolute Gasteiger partial charge is 0.384 e. The molecule has 0 aliphatic heterocycles. The van der Waals surface area contributed by atoms with Crippen molar-refractivity contribution in [1.29, 1.82) is 0 Å². The van der Waals surface area contributed by atoms with Crippen LogP contribution in [-0.4, -0.2) is 9.97 Å². The third-order valence-corrected chi connectivity index (χ3v) is 2.26. The van der Waals surface area contributed by atoms with Crippen molar-refractivity contribution in [3.05, 3.63) is 40.6 Å². The van der Waals surface area contributed by atoms with E-state index in [9.17, 15) is 0 Å². The molecule has 0 fully saturated rings. The molecule has 0 aliphatic rings. The first-order valence-corrected chi connectivity index (χ1v) is 5.20. The zero-order valence-electron chi connectivity index (χ0n) is 8.11. The molecule has 16 heavy (non-hydrogen) atoms. The summed E-state index contributed by atoms with van der Waals surface area (Å²) in [6.07, 6.45) is 1.38. The summed E-state index contributed by atoms with van der Waals surface area (Å²) in [6.45, 7) is 0. The van der Waals surface area contributed by atoms with Gasteiger partial charge in [-0.2, -0.15) is 0 Å². The average molecular weight is 255 g/mol. The predicted molar refractivity (Wildman–Crippen MR) is 66.2 cm³/mol. The van der Waals surface area contributed by atoms with Gasteiger partial charge in [0.05, 0.1) is 0 Å². The van der Waals surface area contributed by atoms with Crippen LogP contribution < -0.4 is 11.1 Å². The van der Waals surface area contributed by atoms with Crippen molar-refractivity contribution in [1.82, 2.24) is 9.97 Å². The Morgan fingerprint density at radius 2 is 1.69 bits per heavy atom. The van der Waals surface area contributed by atoms with Crippen molar-refractivity contribution >= 4 is 40.5 Å². The van der Waals surface area contributed by atoms with Crippen molar-refractivity contribution in [2.75, 3.05) is 11.1 Å². The van der Waals surface area contributed by atoms with Crippen LogP contribution in [0.1, 0.15) is 0 Å². The van der Waals surface area contributed by atoms with E-state index in [1.54, 1.807) is 24.3 Å². The zero-order valence-corrected chi connectivity index (χ0v) is 9.63. The first-order valence-electron chi connectivity index (χ1n) is 4.44. The second-order valence-corrected chi connectivity index (χ2v) is 3.98. The SMILES string of the molecule is Nc1cc(Nc2cc(Cl)cc(Cl)c2)ncn1. The van der Waals surface area contributed by atoms with E-state index in [1.165, 1.54) is 6.33 Å². The molecule has 6 heteroatoms. The molecule has 0 radical (unpaired) electrons. The molecule has 0 saturated heterocycles. The van der Waals surface area contributed by atoms with Crippen molar-refractivity contribution in [2.24, 2.45) is 0 Å². The standard InChI is InChI=1S/C10H8Cl2N4/c11-6-1-7(12)3-8(2-6)16-10-4-9(13)14-5-15-10/h1-5H,(H3,13,14,15,16). The Hall–Kier alpha value is -1.52. The van der Waals surface area contributed by atoms with E-state index in [-0.39, 0.29) is 0 Å². The Labute approximate surface area is 102 Å². The maximum atomic E-state index is 5.87. The number of halogens is 2. The summed E-state index contributed by atoms with van der Waals surface area (Å²) in [5.74, 6) is 0.983. The molecule has 1 aromatic heterocycles. The van der Waals surface area contributed by atoms with E-state index in [4.69, 9.17) is 28.9 Å². The topological polar surface area (TPSA) is 63.8 Å². The number of nitrogens with zero attached hydrogens (tertiary/aromatic N) is 2. The summed E-state index contributed by atoms with van der Waals surface area (Å²) < 4.78 is 0. The monoisotopic (exact) mass is 254 g/mol. The Morgan fingerprint density at radius 3 is 2.31 bits per heavy atom. The fourth-order valence-electron chi connectivity index (χ4n) is 1.21. The van der Waals surface area contributed by atoms with E-state index >= 15 is 0 Å². The zero-order chi connectivity index (χ0) is 11.5. The highest BCUT2D eigenvalue weighted by Crippen LogP contribution is 2.24. The minimum atomic E-state index is 0.394. The molecule has 0 aliphatic carbocycles. The van der Waals surface area contributed by atoms with Gasteiger partial charge in [0.15, 0.2) is 0 Å². The quantitative estimate of drug-likeness (QED) is 0.865. The van der Waals surface area contributed by atoms with E-state index in [2.05, 4.69) is 15.3 Å². The average Bonchev–Trinajstić information content (AvgIpc) is 2.15. The van der Waals surface area contributed by atoms with Gasteiger partial charge in [0.2, 0.25) is 0 Å². The molecule has 4 nitrogen and oxygen atoms in total. The highest BCUT2D eigenvalue weighted by Gasteiger charge is 2.00. The van der Waals surface area contributed by atoms with Gasteiger partial charge in [-0.1, -0.05) is 23.2 Å².